The number of aryl methyl sites for hydroxylation is 2. The van der Waals surface area contributed by atoms with Crippen LogP contribution in [0.5, 0.6) is 0 Å². The summed E-state index contributed by atoms with van der Waals surface area (Å²) in [6, 6.07) is 6.56. The van der Waals surface area contributed by atoms with Crippen LogP contribution in [0, 0.1) is 13.8 Å². The lowest BCUT2D eigenvalue weighted by molar-refractivity contribution is 0.312. The normalized spacial score (nSPS) is 18.2. The molecule has 2 nitrogen and oxygen atoms in total. The minimum absolute atomic E-state index is 1.15. The van der Waals surface area contributed by atoms with Gasteiger partial charge in [-0.3, -0.25) is 0 Å². The molecule has 0 radical (unpaired) electrons. The summed E-state index contributed by atoms with van der Waals surface area (Å²) in [4.78, 5) is 4.91. The summed E-state index contributed by atoms with van der Waals surface area (Å²) in [5.41, 5.74) is 4.25. The van der Waals surface area contributed by atoms with E-state index in [1.54, 1.807) is 0 Å². The predicted molar refractivity (Wildman–Crippen MR) is 65.6 cm³/mol. The van der Waals surface area contributed by atoms with E-state index in [0.29, 0.717) is 0 Å². The van der Waals surface area contributed by atoms with Crippen molar-refractivity contribution in [1.82, 2.24) is 4.90 Å². The number of benzene rings is 1. The molecular formula is C13H20N2. The Morgan fingerprint density at radius 2 is 1.47 bits per heavy atom. The van der Waals surface area contributed by atoms with E-state index in [2.05, 4.69) is 48.9 Å². The standard InChI is InChI=1S/C13H20N2/c1-11-5-4-6-12(2)13(11)15-9-7-14(3)8-10-15/h4-6H,7-10H2,1-3H3. The van der Waals surface area contributed by atoms with Crippen molar-refractivity contribution in [3.8, 4) is 0 Å². The summed E-state index contributed by atoms with van der Waals surface area (Å²) in [6.07, 6.45) is 0. The van der Waals surface area contributed by atoms with Crippen molar-refractivity contribution < 1.29 is 0 Å². The van der Waals surface area contributed by atoms with Gasteiger partial charge in [-0.25, -0.2) is 0 Å². The van der Waals surface area contributed by atoms with E-state index in [1.807, 2.05) is 0 Å². The molecular weight excluding hydrogens is 184 g/mol. The van der Waals surface area contributed by atoms with Crippen molar-refractivity contribution in [2.45, 2.75) is 13.8 Å². The van der Waals surface area contributed by atoms with Gasteiger partial charge < -0.3 is 9.80 Å². The summed E-state index contributed by atoms with van der Waals surface area (Å²) >= 11 is 0. The Morgan fingerprint density at radius 1 is 0.933 bits per heavy atom. The first-order chi connectivity index (χ1) is 7.18. The fraction of sp³-hybridized carbons (Fsp3) is 0.538. The zero-order chi connectivity index (χ0) is 10.8. The third kappa shape index (κ3) is 2.15. The van der Waals surface area contributed by atoms with Crippen LogP contribution in [-0.2, 0) is 0 Å². The lowest BCUT2D eigenvalue weighted by Gasteiger charge is -2.35. The van der Waals surface area contributed by atoms with E-state index in [9.17, 15) is 0 Å². The van der Waals surface area contributed by atoms with Gasteiger partial charge in [-0.05, 0) is 32.0 Å². The van der Waals surface area contributed by atoms with E-state index in [1.165, 1.54) is 29.9 Å². The van der Waals surface area contributed by atoms with Gasteiger partial charge in [-0.1, -0.05) is 18.2 Å². The van der Waals surface area contributed by atoms with Crippen LogP contribution in [-0.4, -0.2) is 38.1 Å². The van der Waals surface area contributed by atoms with E-state index >= 15 is 0 Å². The monoisotopic (exact) mass is 204 g/mol. The molecule has 2 rings (SSSR count). The van der Waals surface area contributed by atoms with Crippen LogP contribution < -0.4 is 4.90 Å². The van der Waals surface area contributed by atoms with E-state index in [-0.39, 0.29) is 0 Å². The van der Waals surface area contributed by atoms with Crippen LogP contribution in [0.1, 0.15) is 11.1 Å². The second-order valence-electron chi connectivity index (χ2n) is 4.53. The van der Waals surface area contributed by atoms with Crippen LogP contribution >= 0.6 is 0 Å². The van der Waals surface area contributed by atoms with Gasteiger partial charge in [0.25, 0.3) is 0 Å². The molecule has 1 aromatic carbocycles. The predicted octanol–water partition coefficient (Wildman–Crippen LogP) is 2.06. The van der Waals surface area contributed by atoms with Crippen LogP contribution in [0.25, 0.3) is 0 Å². The summed E-state index contributed by atoms with van der Waals surface area (Å²) in [6.45, 7) is 9.08. The molecule has 0 amide bonds. The first-order valence-electron chi connectivity index (χ1n) is 5.68. The molecule has 0 N–H and O–H groups in total. The fourth-order valence-corrected chi connectivity index (χ4v) is 2.33. The van der Waals surface area contributed by atoms with Crippen molar-refractivity contribution >= 4 is 5.69 Å². The average molecular weight is 204 g/mol. The number of piperazine rings is 1. The average Bonchev–Trinajstić information content (AvgIpc) is 2.20. The molecule has 1 heterocycles. The quantitative estimate of drug-likeness (QED) is 0.691. The highest BCUT2D eigenvalue weighted by Crippen LogP contribution is 2.25. The molecule has 2 heteroatoms. The molecule has 0 aromatic heterocycles. The molecule has 0 unspecified atom stereocenters. The molecule has 1 fully saturated rings. The SMILES string of the molecule is Cc1cccc(C)c1N1CCN(C)CC1. The molecule has 0 aliphatic carbocycles. The maximum Gasteiger partial charge on any atom is 0.0426 e. The van der Waals surface area contributed by atoms with Crippen molar-refractivity contribution in [2.24, 2.45) is 0 Å². The zero-order valence-corrected chi connectivity index (χ0v) is 9.95. The summed E-state index contributed by atoms with van der Waals surface area (Å²) in [5.74, 6) is 0. The Kier molecular flexibility index (Phi) is 2.96. The van der Waals surface area contributed by atoms with Gasteiger partial charge in [0.1, 0.15) is 0 Å². The number of hydrogen-bond donors (Lipinski definition) is 0. The highest BCUT2D eigenvalue weighted by Gasteiger charge is 2.16. The largest absolute Gasteiger partial charge is 0.369 e. The van der Waals surface area contributed by atoms with Crippen LogP contribution in [0.15, 0.2) is 18.2 Å². The topological polar surface area (TPSA) is 6.48 Å². The third-order valence-electron chi connectivity index (χ3n) is 3.26. The van der Waals surface area contributed by atoms with Crippen LogP contribution in [0.3, 0.4) is 0 Å². The second-order valence-corrected chi connectivity index (χ2v) is 4.53. The second kappa shape index (κ2) is 4.23. The van der Waals surface area contributed by atoms with E-state index in [4.69, 9.17) is 0 Å². The molecule has 0 bridgehead atoms. The van der Waals surface area contributed by atoms with E-state index in [0.717, 1.165) is 13.1 Å². The molecule has 1 saturated heterocycles. The highest BCUT2D eigenvalue weighted by molar-refractivity contribution is 5.59. The van der Waals surface area contributed by atoms with Crippen molar-refractivity contribution in [3.05, 3.63) is 29.3 Å². The lowest BCUT2D eigenvalue weighted by Crippen LogP contribution is -2.45. The molecule has 15 heavy (non-hydrogen) atoms. The molecule has 1 aromatic rings. The molecule has 0 atom stereocenters. The lowest BCUT2D eigenvalue weighted by atomic mass is 10.1. The van der Waals surface area contributed by atoms with Gasteiger partial charge in [0.15, 0.2) is 0 Å². The Hall–Kier alpha value is -1.02. The van der Waals surface area contributed by atoms with Crippen molar-refractivity contribution in [3.63, 3.8) is 0 Å². The third-order valence-corrected chi connectivity index (χ3v) is 3.26. The van der Waals surface area contributed by atoms with Gasteiger partial charge in [0.05, 0.1) is 0 Å². The minimum Gasteiger partial charge on any atom is -0.369 e. The maximum atomic E-state index is 2.52. The first-order valence-corrected chi connectivity index (χ1v) is 5.68. The molecule has 0 saturated carbocycles. The zero-order valence-electron chi connectivity index (χ0n) is 9.95. The molecule has 1 aliphatic rings. The summed E-state index contributed by atoms with van der Waals surface area (Å²) in [5, 5.41) is 0. The fourth-order valence-electron chi connectivity index (χ4n) is 2.33. The van der Waals surface area contributed by atoms with Gasteiger partial charge in [-0.15, -0.1) is 0 Å². The van der Waals surface area contributed by atoms with Gasteiger partial charge in [0.2, 0.25) is 0 Å². The summed E-state index contributed by atoms with van der Waals surface area (Å²) < 4.78 is 0. The molecule has 82 valence electrons. The number of likely N-dealkylation sites (N-methyl/N-ethyl adjacent to an activating group) is 1. The number of hydrogen-bond acceptors (Lipinski definition) is 2. The maximum absolute atomic E-state index is 2.52. The number of rotatable bonds is 1. The summed E-state index contributed by atoms with van der Waals surface area (Å²) in [7, 11) is 2.20. The number of anilines is 1. The molecule has 0 spiro atoms. The Balaban J connectivity index is 2.22. The highest BCUT2D eigenvalue weighted by atomic mass is 15.2. The van der Waals surface area contributed by atoms with Crippen molar-refractivity contribution in [1.29, 1.82) is 0 Å². The van der Waals surface area contributed by atoms with Gasteiger partial charge in [-0.2, -0.15) is 0 Å². The Morgan fingerprint density at radius 3 is 2.00 bits per heavy atom. The Labute approximate surface area is 92.5 Å². The smallest absolute Gasteiger partial charge is 0.0426 e. The van der Waals surface area contributed by atoms with E-state index < -0.39 is 0 Å². The van der Waals surface area contributed by atoms with Crippen LogP contribution in [0.4, 0.5) is 5.69 Å². The Bertz CT molecular complexity index is 318. The van der Waals surface area contributed by atoms with Crippen molar-refractivity contribution in [2.75, 3.05) is 38.1 Å². The van der Waals surface area contributed by atoms with Gasteiger partial charge in [0, 0.05) is 31.9 Å². The van der Waals surface area contributed by atoms with Gasteiger partial charge >= 0.3 is 0 Å². The minimum atomic E-state index is 1.15. The first kappa shape index (κ1) is 10.5. The number of nitrogens with zero attached hydrogens (tertiary/aromatic N) is 2. The molecule has 1 aliphatic heterocycles. The van der Waals surface area contributed by atoms with Crippen LogP contribution in [0.2, 0.25) is 0 Å². The number of para-hydroxylation sites is 1.